The summed E-state index contributed by atoms with van der Waals surface area (Å²) in [4.78, 5) is 22.2. The molecule has 7 nitrogen and oxygen atoms in total. The van der Waals surface area contributed by atoms with E-state index in [-0.39, 0.29) is 72.3 Å². The Morgan fingerprint density at radius 2 is 1.56 bits per heavy atom. The summed E-state index contributed by atoms with van der Waals surface area (Å²) in [7, 11) is -4.68. The van der Waals surface area contributed by atoms with Gasteiger partial charge in [-0.3, -0.25) is 14.1 Å². The van der Waals surface area contributed by atoms with E-state index in [2.05, 4.69) is 9.47 Å². The molecule has 0 aromatic carbocycles. The number of esters is 2. The molecule has 0 spiro atoms. The van der Waals surface area contributed by atoms with E-state index in [4.69, 9.17) is 4.55 Å². The van der Waals surface area contributed by atoms with Crippen LogP contribution in [0.15, 0.2) is 0 Å². The Kier molecular flexibility index (Phi) is 15.5. The van der Waals surface area contributed by atoms with Gasteiger partial charge >= 0.3 is 71.1 Å². The van der Waals surface area contributed by atoms with Crippen LogP contribution in [-0.2, 0) is 29.2 Å². The van der Waals surface area contributed by atoms with Crippen molar-refractivity contribution in [3.05, 3.63) is 0 Å². The van der Waals surface area contributed by atoms with Crippen molar-refractivity contribution in [1.82, 2.24) is 0 Å². The fourth-order valence-corrected chi connectivity index (χ4v) is 1.57. The monoisotopic (exact) mass is 302 g/mol. The van der Waals surface area contributed by atoms with E-state index in [0.29, 0.717) is 0 Å². The second kappa shape index (κ2) is 11.7. The molecule has 0 aromatic heterocycles. The molecule has 10 heteroatoms. The molecule has 1 atom stereocenters. The van der Waals surface area contributed by atoms with E-state index in [1.807, 2.05) is 0 Å². The third-order valence-corrected chi connectivity index (χ3v) is 2.64. The first-order chi connectivity index (χ1) is 7.32. The van der Waals surface area contributed by atoms with E-state index in [1.54, 1.807) is 0 Å². The summed E-state index contributed by atoms with van der Waals surface area (Å²) in [6.45, 7) is 3.02. The van der Waals surface area contributed by atoms with Crippen molar-refractivity contribution in [3.63, 3.8) is 0 Å². The van der Waals surface area contributed by atoms with Crippen LogP contribution in [0.25, 0.3) is 0 Å². The average molecular weight is 302 g/mol. The van der Waals surface area contributed by atoms with Gasteiger partial charge < -0.3 is 9.47 Å². The summed E-state index contributed by atoms with van der Waals surface area (Å²) in [5, 5.41) is -1.92. The minimum atomic E-state index is -4.68. The summed E-state index contributed by atoms with van der Waals surface area (Å²) >= 11 is 0. The molecule has 0 rings (SSSR count). The van der Waals surface area contributed by atoms with Crippen molar-refractivity contribution in [2.45, 2.75) is 25.5 Å². The number of carbonyl (C=O) groups is 2. The Hall–Kier alpha value is 0.850. The Morgan fingerprint density at radius 1 is 1.11 bits per heavy atom. The zero-order chi connectivity index (χ0) is 12.8. The van der Waals surface area contributed by atoms with Gasteiger partial charge in [0.15, 0.2) is 5.25 Å². The van der Waals surface area contributed by atoms with E-state index in [0.717, 1.165) is 0 Å². The van der Waals surface area contributed by atoms with Gasteiger partial charge in [-0.05, 0) is 13.8 Å². The van der Waals surface area contributed by atoms with E-state index in [9.17, 15) is 18.0 Å². The molecule has 0 heterocycles. The zero-order valence-electron chi connectivity index (χ0n) is 9.00. The van der Waals surface area contributed by atoms with Crippen LogP contribution < -0.4 is 0 Å². The van der Waals surface area contributed by atoms with Crippen molar-refractivity contribution in [2.24, 2.45) is 0 Å². The van der Waals surface area contributed by atoms with Crippen LogP contribution in [-0.4, -0.2) is 102 Å². The maximum absolute atomic E-state index is 11.2. The molecule has 0 fully saturated rings. The molecule has 0 saturated heterocycles. The summed E-state index contributed by atoms with van der Waals surface area (Å²) in [6.07, 6.45) is -0.758. The predicted octanol–water partition coefficient (Wildman–Crippen LogP) is -1.54. The van der Waals surface area contributed by atoms with E-state index < -0.39 is 33.7 Å². The Labute approximate surface area is 150 Å². The Morgan fingerprint density at radius 3 is 1.89 bits per heavy atom. The minimum absolute atomic E-state index is 0. The molecule has 0 bridgehead atoms. The first kappa shape index (κ1) is 23.9. The third kappa shape index (κ3) is 9.74. The number of hydrogen-bond acceptors (Lipinski definition) is 6. The predicted molar refractivity (Wildman–Crippen MR) is 67.5 cm³/mol. The molecule has 0 radical (unpaired) electrons. The van der Waals surface area contributed by atoms with Crippen molar-refractivity contribution in [1.29, 1.82) is 0 Å². The molecule has 18 heavy (non-hydrogen) atoms. The van der Waals surface area contributed by atoms with Crippen molar-refractivity contribution < 1.29 is 32.0 Å². The third-order valence-electron chi connectivity index (χ3n) is 1.57. The molecule has 1 unspecified atom stereocenters. The average Bonchev–Trinajstić information content (AvgIpc) is 2.13. The molecular formula is C8H16Na2O7S. The summed E-state index contributed by atoms with van der Waals surface area (Å²) < 4.78 is 39.3. The molecule has 0 amide bonds. The van der Waals surface area contributed by atoms with Crippen molar-refractivity contribution in [3.8, 4) is 0 Å². The molecular weight excluding hydrogens is 286 g/mol. The quantitative estimate of drug-likeness (QED) is 0.360. The fourth-order valence-electron chi connectivity index (χ4n) is 0.917. The Bertz CT molecular complexity index is 354. The van der Waals surface area contributed by atoms with E-state index in [1.165, 1.54) is 13.8 Å². The summed E-state index contributed by atoms with van der Waals surface area (Å²) in [5.74, 6) is -2.06. The summed E-state index contributed by atoms with van der Waals surface area (Å²) in [6, 6.07) is 0. The van der Waals surface area contributed by atoms with Gasteiger partial charge in [-0.15, -0.1) is 0 Å². The molecule has 98 valence electrons. The number of hydrogen-bond donors (Lipinski definition) is 1. The van der Waals surface area contributed by atoms with Gasteiger partial charge in [0.05, 0.1) is 19.6 Å². The van der Waals surface area contributed by atoms with E-state index >= 15 is 0 Å². The van der Waals surface area contributed by atoms with Crippen LogP contribution in [0.2, 0.25) is 0 Å². The second-order valence-electron chi connectivity index (χ2n) is 2.76. The number of ether oxygens (including phenoxy) is 2. The van der Waals surface area contributed by atoms with Gasteiger partial charge in [0, 0.05) is 0 Å². The van der Waals surface area contributed by atoms with Gasteiger partial charge in [0.25, 0.3) is 10.1 Å². The second-order valence-corrected chi connectivity index (χ2v) is 4.36. The maximum atomic E-state index is 11.2. The molecule has 0 saturated carbocycles. The van der Waals surface area contributed by atoms with Crippen LogP contribution in [0.4, 0.5) is 0 Å². The molecule has 0 aliphatic rings. The first-order valence-corrected chi connectivity index (χ1v) is 6.11. The van der Waals surface area contributed by atoms with Crippen LogP contribution >= 0.6 is 0 Å². The van der Waals surface area contributed by atoms with Crippen molar-refractivity contribution in [2.75, 3.05) is 13.2 Å². The SMILES string of the molecule is CCOC(=O)CC(C(=O)OCC)S(=O)(=O)O.[NaH].[NaH]. The van der Waals surface area contributed by atoms with Gasteiger partial charge in [-0.25, -0.2) is 0 Å². The zero-order valence-corrected chi connectivity index (χ0v) is 9.82. The normalized spacial score (nSPS) is 11.5. The van der Waals surface area contributed by atoms with Crippen LogP contribution in [0.1, 0.15) is 20.3 Å². The standard InChI is InChI=1S/C8H14O7S.2Na.2H/c1-3-14-7(9)5-6(16(11,12)13)8(10)15-4-2;;;;/h6H,3-5H2,1-2H3,(H,11,12,13);;;;. The van der Waals surface area contributed by atoms with Crippen LogP contribution in [0, 0.1) is 0 Å². The van der Waals surface area contributed by atoms with Gasteiger partial charge in [0.1, 0.15) is 0 Å². The molecule has 0 aromatic rings. The van der Waals surface area contributed by atoms with Crippen LogP contribution in [0.3, 0.4) is 0 Å². The molecule has 0 aliphatic heterocycles. The van der Waals surface area contributed by atoms with Crippen LogP contribution in [0.5, 0.6) is 0 Å². The van der Waals surface area contributed by atoms with Gasteiger partial charge in [-0.1, -0.05) is 0 Å². The number of carbonyl (C=O) groups excluding carboxylic acids is 2. The summed E-state index contributed by atoms with van der Waals surface area (Å²) in [5.41, 5.74) is 0. The fraction of sp³-hybridized carbons (Fsp3) is 0.750. The molecule has 0 aliphatic carbocycles. The Balaban J connectivity index is -0.00000112. The van der Waals surface area contributed by atoms with Gasteiger partial charge in [0.2, 0.25) is 0 Å². The first-order valence-electron chi connectivity index (χ1n) is 4.61. The van der Waals surface area contributed by atoms with Gasteiger partial charge in [-0.2, -0.15) is 8.42 Å². The topological polar surface area (TPSA) is 107 Å². The number of rotatable bonds is 6. The van der Waals surface area contributed by atoms with Crippen molar-refractivity contribution >= 4 is 81.2 Å². The molecule has 1 N–H and O–H groups in total.